The van der Waals surface area contributed by atoms with Crippen LogP contribution in [0.4, 0.5) is 0 Å². The molecule has 1 saturated heterocycles. The summed E-state index contributed by atoms with van der Waals surface area (Å²) in [6.07, 6.45) is 0.491. The van der Waals surface area contributed by atoms with Gasteiger partial charge in [-0.1, -0.05) is 44.2 Å². The SMILES string of the molecule is CC(C)C[C@@H]1NC(=O)CNC(=O)[C@H](CS)NC(=O)[C@H](CS)NC(=O)[C@H](Cc2ccccc2)NC1=O. The number of amides is 5. The molecule has 5 N–H and O–H groups in total. The molecule has 1 fully saturated rings. The average molecular weight is 524 g/mol. The van der Waals surface area contributed by atoms with Crippen LogP contribution in [0.2, 0.25) is 0 Å². The number of thiol groups is 2. The lowest BCUT2D eigenvalue weighted by Crippen LogP contribution is -2.58. The zero-order chi connectivity index (χ0) is 26.0. The Morgan fingerprint density at radius 1 is 0.743 bits per heavy atom. The van der Waals surface area contributed by atoms with Crippen LogP contribution in [0.1, 0.15) is 25.8 Å². The minimum atomic E-state index is -1.06. The maximum atomic E-state index is 13.2. The minimum absolute atomic E-state index is 0.0287. The smallest absolute Gasteiger partial charge is 0.244 e. The molecule has 192 valence electrons. The molecule has 4 atom stereocenters. The summed E-state index contributed by atoms with van der Waals surface area (Å²) in [5.41, 5.74) is 0.798. The predicted molar refractivity (Wildman–Crippen MR) is 138 cm³/mol. The zero-order valence-electron chi connectivity index (χ0n) is 19.7. The number of nitrogens with one attached hydrogen (secondary N) is 5. The van der Waals surface area contributed by atoms with Crippen LogP contribution in [0.25, 0.3) is 0 Å². The molecule has 0 unspecified atom stereocenters. The van der Waals surface area contributed by atoms with Crippen molar-refractivity contribution in [3.05, 3.63) is 35.9 Å². The Hall–Kier alpha value is -2.73. The normalized spacial score (nSPS) is 24.9. The van der Waals surface area contributed by atoms with E-state index in [2.05, 4.69) is 51.8 Å². The summed E-state index contributed by atoms with van der Waals surface area (Å²) in [4.78, 5) is 64.1. The Kier molecular flexibility index (Phi) is 11.4. The third kappa shape index (κ3) is 9.10. The highest BCUT2D eigenvalue weighted by Crippen LogP contribution is 2.09. The van der Waals surface area contributed by atoms with E-state index in [0.29, 0.717) is 6.42 Å². The van der Waals surface area contributed by atoms with Crippen LogP contribution < -0.4 is 26.6 Å². The highest BCUT2D eigenvalue weighted by molar-refractivity contribution is 7.80. The first-order valence-corrected chi connectivity index (χ1v) is 12.6. The lowest BCUT2D eigenvalue weighted by Gasteiger charge is -2.25. The van der Waals surface area contributed by atoms with Crippen molar-refractivity contribution in [3.8, 4) is 0 Å². The summed E-state index contributed by atoms with van der Waals surface area (Å²) >= 11 is 8.27. The Morgan fingerprint density at radius 2 is 1.26 bits per heavy atom. The molecule has 0 saturated carbocycles. The van der Waals surface area contributed by atoms with Crippen molar-refractivity contribution in [3.63, 3.8) is 0 Å². The van der Waals surface area contributed by atoms with Gasteiger partial charge in [-0.15, -0.1) is 0 Å². The zero-order valence-corrected chi connectivity index (χ0v) is 21.5. The third-order valence-corrected chi connectivity index (χ3v) is 6.06. The molecule has 1 aliphatic heterocycles. The maximum absolute atomic E-state index is 13.2. The molecule has 5 amide bonds. The number of carbonyl (C=O) groups is 5. The van der Waals surface area contributed by atoms with Gasteiger partial charge < -0.3 is 26.6 Å². The van der Waals surface area contributed by atoms with E-state index in [-0.39, 0.29) is 30.4 Å². The second kappa shape index (κ2) is 14.0. The van der Waals surface area contributed by atoms with Gasteiger partial charge in [0.15, 0.2) is 0 Å². The summed E-state index contributed by atoms with van der Waals surface area (Å²) in [6.45, 7) is 3.41. The molecule has 35 heavy (non-hydrogen) atoms. The van der Waals surface area contributed by atoms with Crippen molar-refractivity contribution in [2.75, 3.05) is 18.1 Å². The van der Waals surface area contributed by atoms with E-state index < -0.39 is 53.7 Å². The first-order chi connectivity index (χ1) is 16.6. The van der Waals surface area contributed by atoms with Gasteiger partial charge in [0, 0.05) is 17.9 Å². The van der Waals surface area contributed by atoms with Gasteiger partial charge in [-0.2, -0.15) is 25.3 Å². The molecule has 0 radical (unpaired) electrons. The highest BCUT2D eigenvalue weighted by atomic mass is 32.1. The Balaban J connectivity index is 2.39. The van der Waals surface area contributed by atoms with Gasteiger partial charge in [0.25, 0.3) is 0 Å². The number of hydrogen-bond acceptors (Lipinski definition) is 7. The Labute approximate surface area is 215 Å². The van der Waals surface area contributed by atoms with E-state index in [4.69, 9.17) is 0 Å². The fourth-order valence-electron chi connectivity index (χ4n) is 3.50. The summed E-state index contributed by atoms with van der Waals surface area (Å²) in [6, 6.07) is 5.07. The van der Waals surface area contributed by atoms with Gasteiger partial charge in [-0.05, 0) is 17.9 Å². The largest absolute Gasteiger partial charge is 0.345 e. The van der Waals surface area contributed by atoms with E-state index in [1.807, 2.05) is 44.2 Å². The lowest BCUT2D eigenvalue weighted by molar-refractivity contribution is -0.133. The summed E-state index contributed by atoms with van der Waals surface area (Å²) in [7, 11) is 0. The molecule has 1 aromatic carbocycles. The standard InChI is InChI=1S/C23H33N5O5S2/c1-13(2)8-15-21(31)26-16(9-14-6-4-3-5-7-14)22(32)28-18(12-35)23(33)27-17(11-34)20(30)24-10-19(29)25-15/h3-7,13,15-18,34-35H,8-12H2,1-2H3,(H,24,30)(H,25,29)(H,26,31)(H,27,33)(H,28,32)/t15-,16-,17-,18-/m0/s1. The van der Waals surface area contributed by atoms with Crippen LogP contribution in [0.3, 0.4) is 0 Å². The fourth-order valence-corrected chi connectivity index (χ4v) is 4.02. The molecular formula is C23H33N5O5S2. The molecule has 1 heterocycles. The molecule has 0 spiro atoms. The molecule has 12 heteroatoms. The Morgan fingerprint density at radius 3 is 1.83 bits per heavy atom. The quantitative estimate of drug-likeness (QED) is 0.244. The summed E-state index contributed by atoms with van der Waals surface area (Å²) in [5, 5.41) is 12.9. The summed E-state index contributed by atoms with van der Waals surface area (Å²) in [5.74, 6) is -2.96. The molecule has 1 aliphatic rings. The van der Waals surface area contributed by atoms with Crippen molar-refractivity contribution in [1.82, 2.24) is 26.6 Å². The van der Waals surface area contributed by atoms with E-state index >= 15 is 0 Å². The number of rotatable bonds is 6. The lowest BCUT2D eigenvalue weighted by atomic mass is 10.0. The molecule has 1 aromatic rings. The highest BCUT2D eigenvalue weighted by Gasteiger charge is 2.32. The van der Waals surface area contributed by atoms with Gasteiger partial charge in [0.05, 0.1) is 6.54 Å². The topological polar surface area (TPSA) is 146 Å². The molecule has 0 bridgehead atoms. The third-order valence-electron chi connectivity index (χ3n) is 5.33. The molecule has 0 aromatic heterocycles. The number of carbonyl (C=O) groups excluding carboxylic acids is 5. The van der Waals surface area contributed by atoms with E-state index in [1.54, 1.807) is 0 Å². The average Bonchev–Trinajstić information content (AvgIpc) is 2.83. The van der Waals surface area contributed by atoms with Crippen LogP contribution >= 0.6 is 25.3 Å². The van der Waals surface area contributed by atoms with Gasteiger partial charge in [0.2, 0.25) is 29.5 Å². The fraction of sp³-hybridized carbons (Fsp3) is 0.522. The van der Waals surface area contributed by atoms with E-state index in [9.17, 15) is 24.0 Å². The van der Waals surface area contributed by atoms with Crippen LogP contribution in [-0.2, 0) is 30.4 Å². The number of hydrogen-bond donors (Lipinski definition) is 7. The molecule has 0 aliphatic carbocycles. The van der Waals surface area contributed by atoms with Crippen LogP contribution in [-0.4, -0.2) is 71.8 Å². The van der Waals surface area contributed by atoms with Crippen molar-refractivity contribution in [2.45, 2.75) is 50.9 Å². The number of benzene rings is 1. The first-order valence-electron chi connectivity index (χ1n) is 11.4. The van der Waals surface area contributed by atoms with Crippen molar-refractivity contribution >= 4 is 54.8 Å². The molecule has 2 rings (SSSR count). The van der Waals surface area contributed by atoms with E-state index in [0.717, 1.165) is 5.56 Å². The van der Waals surface area contributed by atoms with Crippen molar-refractivity contribution in [2.24, 2.45) is 5.92 Å². The van der Waals surface area contributed by atoms with E-state index in [1.165, 1.54) is 0 Å². The second-order valence-corrected chi connectivity index (χ2v) is 9.44. The second-order valence-electron chi connectivity index (χ2n) is 8.71. The van der Waals surface area contributed by atoms with Gasteiger partial charge in [-0.3, -0.25) is 24.0 Å². The van der Waals surface area contributed by atoms with Crippen LogP contribution in [0.5, 0.6) is 0 Å². The monoisotopic (exact) mass is 523 g/mol. The van der Waals surface area contributed by atoms with Gasteiger partial charge in [0.1, 0.15) is 24.2 Å². The first kappa shape index (κ1) is 28.5. The van der Waals surface area contributed by atoms with Crippen LogP contribution in [0, 0.1) is 5.92 Å². The molecular weight excluding hydrogens is 490 g/mol. The van der Waals surface area contributed by atoms with Crippen molar-refractivity contribution in [1.29, 1.82) is 0 Å². The van der Waals surface area contributed by atoms with Gasteiger partial charge in [-0.25, -0.2) is 0 Å². The predicted octanol–water partition coefficient (Wildman–Crippen LogP) is -0.796. The summed E-state index contributed by atoms with van der Waals surface area (Å²) < 4.78 is 0. The van der Waals surface area contributed by atoms with Crippen molar-refractivity contribution < 1.29 is 24.0 Å². The maximum Gasteiger partial charge on any atom is 0.244 e. The van der Waals surface area contributed by atoms with Crippen LogP contribution in [0.15, 0.2) is 30.3 Å². The van der Waals surface area contributed by atoms with Gasteiger partial charge >= 0.3 is 0 Å². The Bertz CT molecular complexity index is 915. The molecule has 10 nitrogen and oxygen atoms in total. The minimum Gasteiger partial charge on any atom is -0.345 e.